The first kappa shape index (κ1) is 19.9. The van der Waals surface area contributed by atoms with Crippen molar-refractivity contribution in [3.8, 4) is 11.5 Å². The van der Waals surface area contributed by atoms with Crippen LogP contribution in [0.5, 0.6) is 11.5 Å². The summed E-state index contributed by atoms with van der Waals surface area (Å²) < 4.78 is 10.8. The second-order valence-electron chi connectivity index (χ2n) is 6.29. The van der Waals surface area contributed by atoms with Crippen molar-refractivity contribution in [1.29, 1.82) is 0 Å². The van der Waals surface area contributed by atoms with Crippen LogP contribution in [0.25, 0.3) is 0 Å². The maximum atomic E-state index is 12.5. The molecule has 0 unspecified atom stereocenters. The van der Waals surface area contributed by atoms with Gasteiger partial charge in [0.2, 0.25) is 0 Å². The van der Waals surface area contributed by atoms with Gasteiger partial charge >= 0.3 is 0 Å². The molecule has 1 atom stereocenters. The third kappa shape index (κ3) is 5.35. The van der Waals surface area contributed by atoms with Crippen LogP contribution >= 0.6 is 0 Å². The number of nitrogens with one attached hydrogen (secondary N) is 2. The Bertz CT molecular complexity index is 972. The van der Waals surface area contributed by atoms with Crippen LogP contribution in [0, 0.1) is 0 Å². The van der Waals surface area contributed by atoms with Crippen LogP contribution in [0.2, 0.25) is 0 Å². The van der Waals surface area contributed by atoms with Crippen molar-refractivity contribution in [2.45, 2.75) is 13.0 Å². The summed E-state index contributed by atoms with van der Waals surface area (Å²) in [6, 6.07) is 22.9. The molecule has 0 aliphatic heterocycles. The Kier molecular flexibility index (Phi) is 6.47. The number of ether oxygens (including phenoxy) is 2. The lowest BCUT2D eigenvalue weighted by Gasteiger charge is -2.17. The Hall–Kier alpha value is -3.80. The van der Waals surface area contributed by atoms with Crippen molar-refractivity contribution in [3.63, 3.8) is 0 Å². The number of carbonyl (C=O) groups excluding carboxylic acids is 2. The van der Waals surface area contributed by atoms with E-state index >= 15 is 0 Å². The molecule has 6 heteroatoms. The summed E-state index contributed by atoms with van der Waals surface area (Å²) in [7, 11) is 1.57. The van der Waals surface area contributed by atoms with Crippen molar-refractivity contribution in [1.82, 2.24) is 0 Å². The summed E-state index contributed by atoms with van der Waals surface area (Å²) in [5, 5.41) is 5.63. The van der Waals surface area contributed by atoms with Gasteiger partial charge in [-0.25, -0.2) is 0 Å². The van der Waals surface area contributed by atoms with Crippen LogP contribution in [0.15, 0.2) is 78.9 Å². The second-order valence-corrected chi connectivity index (χ2v) is 6.29. The molecule has 0 saturated carbocycles. The highest BCUT2D eigenvalue weighted by molar-refractivity contribution is 6.07. The number of rotatable bonds is 7. The molecule has 29 heavy (non-hydrogen) atoms. The molecule has 148 valence electrons. The van der Waals surface area contributed by atoms with E-state index in [1.807, 2.05) is 18.2 Å². The van der Waals surface area contributed by atoms with Gasteiger partial charge in [0.25, 0.3) is 11.8 Å². The zero-order valence-electron chi connectivity index (χ0n) is 16.2. The summed E-state index contributed by atoms with van der Waals surface area (Å²) >= 11 is 0. The van der Waals surface area contributed by atoms with Gasteiger partial charge in [0.15, 0.2) is 6.10 Å². The van der Waals surface area contributed by atoms with Gasteiger partial charge < -0.3 is 20.1 Å². The average Bonchev–Trinajstić information content (AvgIpc) is 2.75. The lowest BCUT2D eigenvalue weighted by Crippen LogP contribution is -2.30. The van der Waals surface area contributed by atoms with E-state index in [4.69, 9.17) is 9.47 Å². The van der Waals surface area contributed by atoms with Gasteiger partial charge in [-0.05, 0) is 55.5 Å². The van der Waals surface area contributed by atoms with Crippen LogP contribution in [0.4, 0.5) is 11.4 Å². The standard InChI is InChI=1S/C23H22N2O4/c1-16(29-19-8-4-3-5-9-19)22(26)24-20-10-6-7-11-21(20)25-23(27)17-12-14-18(28-2)15-13-17/h3-16H,1-2H3,(H,24,26)(H,25,27)/t16-/m1/s1. The largest absolute Gasteiger partial charge is 0.497 e. The molecule has 0 spiro atoms. The maximum absolute atomic E-state index is 12.5. The number of carbonyl (C=O) groups is 2. The Morgan fingerprint density at radius 3 is 1.97 bits per heavy atom. The molecule has 2 N–H and O–H groups in total. The number of methoxy groups -OCH3 is 1. The minimum Gasteiger partial charge on any atom is -0.497 e. The molecule has 0 heterocycles. The quantitative estimate of drug-likeness (QED) is 0.629. The Morgan fingerprint density at radius 1 is 0.759 bits per heavy atom. The first-order valence-corrected chi connectivity index (χ1v) is 9.14. The summed E-state index contributed by atoms with van der Waals surface area (Å²) in [4.78, 5) is 25.1. The van der Waals surface area contributed by atoms with Gasteiger partial charge in [-0.15, -0.1) is 0 Å². The van der Waals surface area contributed by atoms with E-state index in [1.165, 1.54) is 0 Å². The smallest absolute Gasteiger partial charge is 0.265 e. The van der Waals surface area contributed by atoms with E-state index < -0.39 is 6.10 Å². The Labute approximate surface area is 169 Å². The molecule has 0 aliphatic carbocycles. The van der Waals surface area contributed by atoms with Gasteiger partial charge in [-0.3, -0.25) is 9.59 Å². The van der Waals surface area contributed by atoms with Gasteiger partial charge in [0.1, 0.15) is 11.5 Å². The highest BCUT2D eigenvalue weighted by Gasteiger charge is 2.17. The number of benzene rings is 3. The van der Waals surface area contributed by atoms with Crippen molar-refractivity contribution < 1.29 is 19.1 Å². The summed E-state index contributed by atoms with van der Waals surface area (Å²) in [6.45, 7) is 1.67. The van der Waals surface area contributed by atoms with Crippen LogP contribution in [-0.2, 0) is 4.79 Å². The predicted octanol–water partition coefficient (Wildman–Crippen LogP) is 4.35. The third-order valence-electron chi connectivity index (χ3n) is 4.21. The summed E-state index contributed by atoms with van der Waals surface area (Å²) in [5.74, 6) is 0.667. The molecule has 0 aromatic heterocycles. The van der Waals surface area contributed by atoms with Gasteiger partial charge in [0.05, 0.1) is 18.5 Å². The Balaban J connectivity index is 1.67. The van der Waals surface area contributed by atoms with Gasteiger partial charge in [-0.1, -0.05) is 30.3 Å². The fourth-order valence-corrected chi connectivity index (χ4v) is 2.63. The topological polar surface area (TPSA) is 76.7 Å². The monoisotopic (exact) mass is 390 g/mol. The van der Waals surface area contributed by atoms with E-state index in [9.17, 15) is 9.59 Å². The zero-order valence-corrected chi connectivity index (χ0v) is 16.2. The molecule has 0 fully saturated rings. The Morgan fingerprint density at radius 2 is 1.34 bits per heavy atom. The predicted molar refractivity (Wildman–Crippen MR) is 113 cm³/mol. The van der Waals surface area contributed by atoms with Crippen molar-refractivity contribution >= 4 is 23.2 Å². The lowest BCUT2D eigenvalue weighted by atomic mass is 10.2. The highest BCUT2D eigenvalue weighted by Crippen LogP contribution is 2.23. The van der Waals surface area contributed by atoms with Crippen LogP contribution in [0.1, 0.15) is 17.3 Å². The summed E-state index contributed by atoms with van der Waals surface area (Å²) in [6.07, 6.45) is -0.706. The first-order chi connectivity index (χ1) is 14.1. The van der Waals surface area contributed by atoms with E-state index in [0.29, 0.717) is 28.4 Å². The van der Waals surface area contributed by atoms with E-state index in [1.54, 1.807) is 74.7 Å². The molecule has 6 nitrogen and oxygen atoms in total. The third-order valence-corrected chi connectivity index (χ3v) is 4.21. The molecule has 3 aromatic carbocycles. The molecule has 0 aliphatic rings. The van der Waals surface area contributed by atoms with E-state index in [2.05, 4.69) is 10.6 Å². The lowest BCUT2D eigenvalue weighted by molar-refractivity contribution is -0.122. The first-order valence-electron chi connectivity index (χ1n) is 9.14. The molecule has 0 bridgehead atoms. The molecule has 2 amide bonds. The van der Waals surface area contributed by atoms with Gasteiger partial charge in [0, 0.05) is 5.56 Å². The normalized spacial score (nSPS) is 11.2. The van der Waals surface area contributed by atoms with Crippen LogP contribution < -0.4 is 20.1 Å². The second kappa shape index (κ2) is 9.41. The van der Waals surface area contributed by atoms with Crippen molar-refractivity contribution in [3.05, 3.63) is 84.4 Å². The SMILES string of the molecule is COc1ccc(C(=O)Nc2ccccc2NC(=O)[C@@H](C)Oc2ccccc2)cc1. The average molecular weight is 390 g/mol. The molecule has 3 aromatic rings. The molecule has 3 rings (SSSR count). The fourth-order valence-electron chi connectivity index (χ4n) is 2.63. The summed E-state index contributed by atoms with van der Waals surface area (Å²) in [5.41, 5.74) is 1.46. The number of amides is 2. The fraction of sp³-hybridized carbons (Fsp3) is 0.130. The van der Waals surface area contributed by atoms with Gasteiger partial charge in [-0.2, -0.15) is 0 Å². The number of hydrogen-bond donors (Lipinski definition) is 2. The molecule has 0 radical (unpaired) electrons. The highest BCUT2D eigenvalue weighted by atomic mass is 16.5. The number of para-hydroxylation sites is 3. The van der Waals surface area contributed by atoms with Crippen molar-refractivity contribution in [2.24, 2.45) is 0 Å². The molecular weight excluding hydrogens is 368 g/mol. The number of hydrogen-bond acceptors (Lipinski definition) is 4. The van der Waals surface area contributed by atoms with Crippen molar-refractivity contribution in [2.75, 3.05) is 17.7 Å². The molecular formula is C23H22N2O4. The van der Waals surface area contributed by atoms with E-state index in [-0.39, 0.29) is 11.8 Å². The molecule has 0 saturated heterocycles. The maximum Gasteiger partial charge on any atom is 0.265 e. The minimum atomic E-state index is -0.706. The number of anilines is 2. The van der Waals surface area contributed by atoms with Crippen LogP contribution in [-0.4, -0.2) is 25.0 Å². The minimum absolute atomic E-state index is 0.289. The zero-order chi connectivity index (χ0) is 20.6. The van der Waals surface area contributed by atoms with E-state index in [0.717, 1.165) is 0 Å². The van der Waals surface area contributed by atoms with Crippen LogP contribution in [0.3, 0.4) is 0 Å².